The van der Waals surface area contributed by atoms with Gasteiger partial charge in [0.25, 0.3) is 0 Å². The topological polar surface area (TPSA) is 35.2 Å². The summed E-state index contributed by atoms with van der Waals surface area (Å²) in [5.41, 5.74) is 9.19. The number of hydrogen-bond donors (Lipinski definition) is 1. The Hall–Kier alpha value is -0.540. The summed E-state index contributed by atoms with van der Waals surface area (Å²) in [5, 5.41) is 0. The fraction of sp³-hybridized carbons (Fsp3) is 0.647. The maximum atomic E-state index is 6.65. The van der Waals surface area contributed by atoms with Crippen molar-refractivity contribution in [2.45, 2.75) is 62.8 Å². The molecular formula is C17H24BrNO. The Balaban J connectivity index is 2.04. The molecule has 2 nitrogen and oxygen atoms in total. The molecule has 0 atom stereocenters. The second-order valence-corrected chi connectivity index (χ2v) is 7.28. The molecule has 0 unspecified atom stereocenters. The van der Waals surface area contributed by atoms with Crippen LogP contribution in [0.4, 0.5) is 0 Å². The zero-order chi connectivity index (χ0) is 14.2. The average molecular weight is 338 g/mol. The molecule has 2 N–H and O–H groups in total. The minimum atomic E-state index is -0.123. The molecule has 0 heterocycles. The van der Waals surface area contributed by atoms with E-state index in [1.807, 2.05) is 0 Å². The highest BCUT2D eigenvalue weighted by atomic mass is 79.9. The van der Waals surface area contributed by atoms with Crippen LogP contribution in [0.2, 0.25) is 0 Å². The van der Waals surface area contributed by atoms with Crippen LogP contribution >= 0.6 is 15.9 Å². The van der Waals surface area contributed by atoms with Gasteiger partial charge in [0.15, 0.2) is 0 Å². The Morgan fingerprint density at radius 1 is 1.15 bits per heavy atom. The van der Waals surface area contributed by atoms with Crippen LogP contribution in [0.3, 0.4) is 0 Å². The van der Waals surface area contributed by atoms with Crippen LogP contribution in [-0.2, 0) is 5.54 Å². The van der Waals surface area contributed by atoms with Crippen LogP contribution in [0.25, 0.3) is 0 Å². The normalized spacial score (nSPS) is 22.4. The first kappa shape index (κ1) is 14.4. The minimum absolute atomic E-state index is 0.123. The molecule has 2 saturated carbocycles. The predicted molar refractivity (Wildman–Crippen MR) is 86.2 cm³/mol. The molecular weight excluding hydrogens is 314 g/mol. The predicted octanol–water partition coefficient (Wildman–Crippen LogP) is 4.84. The number of nitrogens with two attached hydrogens (primary N) is 1. The van der Waals surface area contributed by atoms with Gasteiger partial charge in [-0.05, 0) is 70.8 Å². The molecule has 3 rings (SSSR count). The molecule has 3 heteroatoms. The molecule has 2 aliphatic carbocycles. The summed E-state index contributed by atoms with van der Waals surface area (Å²) < 4.78 is 6.72. The van der Waals surface area contributed by atoms with Gasteiger partial charge in [0.2, 0.25) is 0 Å². The second kappa shape index (κ2) is 5.69. The molecule has 0 aromatic heterocycles. The summed E-state index contributed by atoms with van der Waals surface area (Å²) in [6, 6.07) is 4.52. The maximum Gasteiger partial charge on any atom is 0.136 e. The van der Waals surface area contributed by atoms with Crippen LogP contribution in [-0.4, -0.2) is 7.11 Å². The molecule has 2 fully saturated rings. The molecule has 2 aliphatic rings. The smallest absolute Gasteiger partial charge is 0.136 e. The number of methoxy groups -OCH3 is 1. The van der Waals surface area contributed by atoms with Gasteiger partial charge < -0.3 is 10.5 Å². The van der Waals surface area contributed by atoms with Crippen molar-refractivity contribution in [2.75, 3.05) is 7.11 Å². The third kappa shape index (κ3) is 2.50. The van der Waals surface area contributed by atoms with Crippen molar-refractivity contribution in [2.24, 2.45) is 5.73 Å². The van der Waals surface area contributed by atoms with E-state index < -0.39 is 0 Å². The highest BCUT2D eigenvalue weighted by Crippen LogP contribution is 2.45. The van der Waals surface area contributed by atoms with Gasteiger partial charge in [0.1, 0.15) is 5.75 Å². The largest absolute Gasteiger partial charge is 0.495 e. The molecule has 110 valence electrons. The summed E-state index contributed by atoms with van der Waals surface area (Å²) in [7, 11) is 1.77. The van der Waals surface area contributed by atoms with Crippen LogP contribution < -0.4 is 10.5 Å². The van der Waals surface area contributed by atoms with Crippen molar-refractivity contribution in [3.8, 4) is 5.75 Å². The summed E-state index contributed by atoms with van der Waals surface area (Å²) in [4.78, 5) is 0. The van der Waals surface area contributed by atoms with E-state index in [4.69, 9.17) is 10.5 Å². The van der Waals surface area contributed by atoms with Gasteiger partial charge in [-0.2, -0.15) is 0 Å². The molecule has 0 radical (unpaired) electrons. The third-order valence-corrected chi connectivity index (χ3v) is 5.73. The van der Waals surface area contributed by atoms with E-state index in [0.29, 0.717) is 5.92 Å². The summed E-state index contributed by atoms with van der Waals surface area (Å²) in [6.07, 6.45) is 9.95. The molecule has 1 aromatic rings. The number of benzene rings is 1. The molecule has 20 heavy (non-hydrogen) atoms. The molecule has 0 spiro atoms. The molecule has 0 amide bonds. The lowest BCUT2D eigenvalue weighted by molar-refractivity contribution is 0.400. The van der Waals surface area contributed by atoms with Crippen molar-refractivity contribution in [1.29, 1.82) is 0 Å². The van der Waals surface area contributed by atoms with Gasteiger partial charge in [-0.15, -0.1) is 0 Å². The fourth-order valence-electron chi connectivity index (χ4n) is 3.95. The summed E-state index contributed by atoms with van der Waals surface area (Å²) >= 11 is 3.70. The lowest BCUT2D eigenvalue weighted by atomic mass is 9.85. The Kier molecular flexibility index (Phi) is 4.09. The van der Waals surface area contributed by atoms with Crippen LogP contribution in [0.5, 0.6) is 5.75 Å². The monoisotopic (exact) mass is 337 g/mol. The molecule has 1 aromatic carbocycles. The first-order chi connectivity index (χ1) is 9.64. The Bertz CT molecular complexity index is 488. The number of ether oxygens (including phenoxy) is 1. The Labute approximate surface area is 130 Å². The Morgan fingerprint density at radius 3 is 2.40 bits per heavy atom. The van der Waals surface area contributed by atoms with Crippen molar-refractivity contribution >= 4 is 15.9 Å². The van der Waals surface area contributed by atoms with Gasteiger partial charge in [0.05, 0.1) is 11.6 Å². The third-order valence-electron chi connectivity index (χ3n) is 5.14. The minimum Gasteiger partial charge on any atom is -0.495 e. The van der Waals surface area contributed by atoms with Gasteiger partial charge in [0, 0.05) is 5.54 Å². The summed E-state index contributed by atoms with van der Waals surface area (Å²) in [6.45, 7) is 0. The fourth-order valence-corrected chi connectivity index (χ4v) is 4.59. The lowest BCUT2D eigenvalue weighted by Gasteiger charge is -2.27. The van der Waals surface area contributed by atoms with Gasteiger partial charge >= 0.3 is 0 Å². The number of hydrogen-bond acceptors (Lipinski definition) is 2. The highest BCUT2D eigenvalue weighted by Gasteiger charge is 2.33. The molecule has 0 aliphatic heterocycles. The van der Waals surface area contributed by atoms with Crippen LogP contribution in [0, 0.1) is 0 Å². The van der Waals surface area contributed by atoms with Crippen LogP contribution in [0.15, 0.2) is 16.6 Å². The lowest BCUT2D eigenvalue weighted by Crippen LogP contribution is -2.33. The van der Waals surface area contributed by atoms with Crippen molar-refractivity contribution in [3.63, 3.8) is 0 Å². The van der Waals surface area contributed by atoms with E-state index in [1.165, 1.54) is 49.7 Å². The summed E-state index contributed by atoms with van der Waals surface area (Å²) in [5.74, 6) is 1.66. The Morgan fingerprint density at radius 2 is 1.80 bits per heavy atom. The quantitative estimate of drug-likeness (QED) is 0.856. The average Bonchev–Trinajstić information content (AvgIpc) is 3.09. The molecule has 0 saturated heterocycles. The van der Waals surface area contributed by atoms with E-state index in [9.17, 15) is 0 Å². The van der Waals surface area contributed by atoms with Gasteiger partial charge in [-0.1, -0.05) is 25.7 Å². The SMILES string of the molecule is COc1c(Br)cc(C2(N)CCCC2)cc1C1CCCC1. The van der Waals surface area contributed by atoms with E-state index in [1.54, 1.807) is 7.11 Å². The zero-order valence-corrected chi connectivity index (χ0v) is 13.8. The second-order valence-electron chi connectivity index (χ2n) is 6.43. The van der Waals surface area contributed by atoms with E-state index in [0.717, 1.165) is 23.1 Å². The van der Waals surface area contributed by atoms with Crippen molar-refractivity contribution in [1.82, 2.24) is 0 Å². The van der Waals surface area contributed by atoms with Crippen molar-refractivity contribution in [3.05, 3.63) is 27.7 Å². The van der Waals surface area contributed by atoms with E-state index in [2.05, 4.69) is 28.1 Å². The van der Waals surface area contributed by atoms with Crippen LogP contribution in [0.1, 0.15) is 68.4 Å². The maximum absolute atomic E-state index is 6.65. The number of halogens is 1. The first-order valence-corrected chi connectivity index (χ1v) is 8.60. The highest BCUT2D eigenvalue weighted by molar-refractivity contribution is 9.10. The van der Waals surface area contributed by atoms with Gasteiger partial charge in [-0.25, -0.2) is 0 Å². The first-order valence-electron chi connectivity index (χ1n) is 7.81. The van der Waals surface area contributed by atoms with Crippen molar-refractivity contribution < 1.29 is 4.74 Å². The zero-order valence-electron chi connectivity index (χ0n) is 12.3. The van der Waals surface area contributed by atoms with E-state index >= 15 is 0 Å². The molecule has 0 bridgehead atoms. The number of rotatable bonds is 3. The standard InChI is InChI=1S/C17H24BrNO/c1-20-16-14(12-6-2-3-7-12)10-13(11-15(16)18)17(19)8-4-5-9-17/h10-12H,2-9,19H2,1H3. The van der Waals surface area contributed by atoms with E-state index in [-0.39, 0.29) is 5.54 Å². The van der Waals surface area contributed by atoms with Gasteiger partial charge in [-0.3, -0.25) is 0 Å².